The molecule has 0 aliphatic heterocycles. The summed E-state index contributed by atoms with van der Waals surface area (Å²) in [5.74, 6) is -1.02. The van der Waals surface area contributed by atoms with Crippen molar-refractivity contribution in [3.8, 4) is 28.5 Å². The van der Waals surface area contributed by atoms with E-state index in [2.05, 4.69) is 9.97 Å². The van der Waals surface area contributed by atoms with E-state index in [1.807, 2.05) is 6.07 Å². The maximum absolute atomic E-state index is 11.9. The van der Waals surface area contributed by atoms with E-state index in [1.54, 1.807) is 37.3 Å². The van der Waals surface area contributed by atoms with Crippen molar-refractivity contribution >= 4 is 5.97 Å². The smallest absolute Gasteiger partial charge is 0.335 e. The average Bonchev–Trinajstić information content (AvgIpc) is 2.61. The van der Waals surface area contributed by atoms with Crippen LogP contribution in [-0.4, -0.2) is 21.0 Å². The summed E-state index contributed by atoms with van der Waals surface area (Å²) in [5, 5.41) is 18.3. The van der Waals surface area contributed by atoms with Crippen LogP contribution in [0.5, 0.6) is 0 Å². The maximum Gasteiger partial charge on any atom is 0.335 e. The fourth-order valence-electron chi connectivity index (χ4n) is 2.57. The highest BCUT2D eigenvalue weighted by Crippen LogP contribution is 2.25. The molecule has 0 fully saturated rings. The molecule has 0 saturated carbocycles. The van der Waals surface area contributed by atoms with E-state index in [9.17, 15) is 14.9 Å². The van der Waals surface area contributed by atoms with Gasteiger partial charge in [0.2, 0.25) is 0 Å². The van der Waals surface area contributed by atoms with E-state index in [1.165, 1.54) is 18.3 Å². The highest BCUT2D eigenvalue weighted by Gasteiger charge is 2.11. The second-order valence-corrected chi connectivity index (χ2v) is 5.49. The first-order valence-electron chi connectivity index (χ1n) is 7.44. The molecule has 3 aromatic rings. The number of rotatable bonds is 3. The van der Waals surface area contributed by atoms with Crippen molar-refractivity contribution in [3.63, 3.8) is 0 Å². The zero-order chi connectivity index (χ0) is 18.0. The number of carboxylic acids is 1. The molecule has 122 valence electrons. The van der Waals surface area contributed by atoms with Gasteiger partial charge in [-0.05, 0) is 30.7 Å². The van der Waals surface area contributed by atoms with E-state index in [4.69, 9.17) is 5.11 Å². The number of benzene rings is 1. The number of hydrogen-bond donors (Lipinski definition) is 2. The lowest BCUT2D eigenvalue weighted by atomic mass is 9.99. The topological polar surface area (TPSA) is 107 Å². The molecule has 0 aliphatic rings. The number of nitrogens with one attached hydrogen (secondary N) is 1. The van der Waals surface area contributed by atoms with Gasteiger partial charge in [0, 0.05) is 23.0 Å². The molecular weight excluding hydrogens is 318 g/mol. The first-order chi connectivity index (χ1) is 12.0. The van der Waals surface area contributed by atoms with Crippen LogP contribution in [-0.2, 0) is 0 Å². The quantitative estimate of drug-likeness (QED) is 0.767. The average molecular weight is 331 g/mol. The molecule has 0 radical (unpaired) electrons. The van der Waals surface area contributed by atoms with Crippen LogP contribution in [0, 0.1) is 18.3 Å². The lowest BCUT2D eigenvalue weighted by Gasteiger charge is -2.07. The summed E-state index contributed by atoms with van der Waals surface area (Å²) < 4.78 is 0. The number of hydrogen-bond acceptors (Lipinski definition) is 4. The summed E-state index contributed by atoms with van der Waals surface area (Å²) >= 11 is 0. The van der Waals surface area contributed by atoms with Crippen LogP contribution < -0.4 is 5.56 Å². The van der Waals surface area contributed by atoms with Crippen LogP contribution in [0.25, 0.3) is 22.4 Å². The van der Waals surface area contributed by atoms with Gasteiger partial charge >= 0.3 is 5.97 Å². The van der Waals surface area contributed by atoms with Crippen molar-refractivity contribution in [2.24, 2.45) is 0 Å². The van der Waals surface area contributed by atoms with Crippen molar-refractivity contribution in [1.82, 2.24) is 9.97 Å². The number of pyridine rings is 2. The molecule has 0 atom stereocenters. The SMILES string of the molecule is Cc1cc(-c2ccc(-c3cc(C(=O)O)ccn3)cc2)c(C#N)c(=O)[nH]1. The molecule has 2 aromatic heterocycles. The maximum atomic E-state index is 11.9. The molecule has 2 N–H and O–H groups in total. The Kier molecular flexibility index (Phi) is 4.14. The number of H-pyrrole nitrogens is 1. The minimum atomic E-state index is -1.02. The lowest BCUT2D eigenvalue weighted by molar-refractivity contribution is 0.0697. The van der Waals surface area contributed by atoms with Gasteiger partial charge in [-0.3, -0.25) is 9.78 Å². The Balaban J connectivity index is 2.05. The van der Waals surface area contributed by atoms with E-state index in [0.717, 1.165) is 11.1 Å². The molecule has 1 aromatic carbocycles. The van der Waals surface area contributed by atoms with Crippen LogP contribution in [0.1, 0.15) is 21.6 Å². The molecule has 0 unspecified atom stereocenters. The molecule has 0 amide bonds. The Morgan fingerprint density at radius 1 is 1.16 bits per heavy atom. The monoisotopic (exact) mass is 331 g/mol. The van der Waals surface area contributed by atoms with Gasteiger partial charge in [-0.2, -0.15) is 5.26 Å². The molecule has 0 bridgehead atoms. The third kappa shape index (κ3) is 3.16. The van der Waals surface area contributed by atoms with E-state index in [0.29, 0.717) is 17.0 Å². The molecule has 6 heteroatoms. The predicted molar refractivity (Wildman–Crippen MR) is 92.1 cm³/mol. The van der Waals surface area contributed by atoms with Gasteiger partial charge in [-0.15, -0.1) is 0 Å². The van der Waals surface area contributed by atoms with E-state index >= 15 is 0 Å². The van der Waals surface area contributed by atoms with Gasteiger partial charge < -0.3 is 10.1 Å². The van der Waals surface area contributed by atoms with Crippen LogP contribution in [0.2, 0.25) is 0 Å². The number of nitrogens with zero attached hydrogens (tertiary/aromatic N) is 2. The largest absolute Gasteiger partial charge is 0.478 e. The molecule has 0 aliphatic carbocycles. The first kappa shape index (κ1) is 16.1. The zero-order valence-corrected chi connectivity index (χ0v) is 13.3. The fourth-order valence-corrected chi connectivity index (χ4v) is 2.57. The summed E-state index contributed by atoms with van der Waals surface area (Å²) in [6.45, 7) is 1.75. The highest BCUT2D eigenvalue weighted by atomic mass is 16.4. The van der Waals surface area contributed by atoms with Crippen molar-refractivity contribution in [3.05, 3.63) is 75.8 Å². The molecule has 2 heterocycles. The number of carboxylic acid groups (broad SMARTS) is 1. The fraction of sp³-hybridized carbons (Fsp3) is 0.0526. The molecule has 3 rings (SSSR count). The number of nitriles is 1. The molecule has 0 spiro atoms. The summed E-state index contributed by atoms with van der Waals surface area (Å²) in [6, 6.07) is 13.7. The number of aromatic carboxylic acids is 1. The van der Waals surface area contributed by atoms with Gasteiger partial charge in [0.1, 0.15) is 11.6 Å². The lowest BCUT2D eigenvalue weighted by Crippen LogP contribution is -2.12. The minimum absolute atomic E-state index is 0.0596. The van der Waals surface area contributed by atoms with Crippen molar-refractivity contribution in [1.29, 1.82) is 5.26 Å². The Bertz CT molecular complexity index is 1060. The van der Waals surface area contributed by atoms with Gasteiger partial charge in [0.15, 0.2) is 0 Å². The number of aryl methyl sites for hydroxylation is 1. The summed E-state index contributed by atoms with van der Waals surface area (Å²) in [4.78, 5) is 29.8. The molecule has 25 heavy (non-hydrogen) atoms. The third-order valence-corrected chi connectivity index (χ3v) is 3.78. The Morgan fingerprint density at radius 3 is 2.48 bits per heavy atom. The Morgan fingerprint density at radius 2 is 1.84 bits per heavy atom. The third-order valence-electron chi connectivity index (χ3n) is 3.78. The Labute approximate surface area is 143 Å². The van der Waals surface area contributed by atoms with E-state index in [-0.39, 0.29) is 11.1 Å². The minimum Gasteiger partial charge on any atom is -0.478 e. The Hall–Kier alpha value is -3.72. The van der Waals surface area contributed by atoms with Crippen molar-refractivity contribution < 1.29 is 9.90 Å². The van der Waals surface area contributed by atoms with Gasteiger partial charge in [0.25, 0.3) is 5.56 Å². The first-order valence-corrected chi connectivity index (χ1v) is 7.44. The summed E-state index contributed by atoms with van der Waals surface area (Å²) in [6.07, 6.45) is 1.45. The standard InChI is InChI=1S/C19H13N3O3/c1-11-8-15(16(10-20)18(23)22-11)12-2-4-13(5-3-12)17-9-14(19(24)25)6-7-21-17/h2-9H,1H3,(H,22,23)(H,24,25). The van der Waals surface area contributed by atoms with Crippen LogP contribution in [0.15, 0.2) is 53.5 Å². The van der Waals surface area contributed by atoms with E-state index < -0.39 is 11.5 Å². The van der Waals surface area contributed by atoms with Crippen LogP contribution in [0.4, 0.5) is 0 Å². The summed E-state index contributed by atoms with van der Waals surface area (Å²) in [5.41, 5.74) is 3.03. The second kappa shape index (κ2) is 6.42. The molecule has 0 saturated heterocycles. The summed E-state index contributed by atoms with van der Waals surface area (Å²) in [7, 11) is 0. The zero-order valence-electron chi connectivity index (χ0n) is 13.3. The molecule has 6 nitrogen and oxygen atoms in total. The number of aromatic amines is 1. The van der Waals surface area contributed by atoms with Crippen LogP contribution in [0.3, 0.4) is 0 Å². The van der Waals surface area contributed by atoms with Crippen molar-refractivity contribution in [2.75, 3.05) is 0 Å². The number of aromatic nitrogens is 2. The van der Waals surface area contributed by atoms with Gasteiger partial charge in [-0.1, -0.05) is 24.3 Å². The van der Waals surface area contributed by atoms with Crippen LogP contribution >= 0.6 is 0 Å². The highest BCUT2D eigenvalue weighted by molar-refractivity contribution is 5.88. The molecular formula is C19H13N3O3. The normalized spacial score (nSPS) is 10.2. The van der Waals surface area contributed by atoms with Gasteiger partial charge in [-0.25, -0.2) is 4.79 Å². The predicted octanol–water partition coefficient (Wildman–Crippen LogP) is 2.98. The van der Waals surface area contributed by atoms with Crippen molar-refractivity contribution in [2.45, 2.75) is 6.92 Å². The second-order valence-electron chi connectivity index (χ2n) is 5.49. The number of carbonyl (C=O) groups is 1. The van der Waals surface area contributed by atoms with Gasteiger partial charge in [0.05, 0.1) is 11.3 Å².